The second-order valence-corrected chi connectivity index (χ2v) is 8.99. The number of likely N-dealkylation sites (tertiary alicyclic amines) is 1. The van der Waals surface area contributed by atoms with E-state index in [1.54, 1.807) is 12.1 Å². The maximum atomic E-state index is 12.6. The number of hydrogen-bond acceptors (Lipinski definition) is 5. The van der Waals surface area contributed by atoms with Crippen molar-refractivity contribution in [2.45, 2.75) is 30.6 Å². The first-order chi connectivity index (χ1) is 13.1. The molecule has 0 saturated carbocycles. The lowest BCUT2D eigenvalue weighted by Gasteiger charge is -2.26. The van der Waals surface area contributed by atoms with Gasteiger partial charge >= 0.3 is 0 Å². The SMILES string of the molecule is O=C(NCCCCN1CCCC1)c1ccc(S(=O)(=O)N2CCOCC2)cc1. The zero-order valence-corrected chi connectivity index (χ0v) is 16.5. The predicted molar refractivity (Wildman–Crippen MR) is 103 cm³/mol. The zero-order chi connectivity index (χ0) is 19.1. The first kappa shape index (κ1) is 20.3. The largest absolute Gasteiger partial charge is 0.379 e. The molecule has 2 fully saturated rings. The number of amides is 1. The third-order valence-electron chi connectivity index (χ3n) is 5.11. The molecule has 1 aromatic carbocycles. The summed E-state index contributed by atoms with van der Waals surface area (Å²) in [6, 6.07) is 6.17. The lowest BCUT2D eigenvalue weighted by Crippen LogP contribution is -2.40. The summed E-state index contributed by atoms with van der Waals surface area (Å²) < 4.78 is 31.8. The van der Waals surface area contributed by atoms with Gasteiger partial charge in [0.25, 0.3) is 5.91 Å². The number of nitrogens with one attached hydrogen (secondary N) is 1. The van der Waals surface area contributed by atoms with Crippen molar-refractivity contribution in [3.05, 3.63) is 29.8 Å². The van der Waals surface area contributed by atoms with Crippen LogP contribution in [0.2, 0.25) is 0 Å². The lowest BCUT2D eigenvalue weighted by atomic mass is 10.2. The van der Waals surface area contributed by atoms with Gasteiger partial charge in [-0.05, 0) is 69.6 Å². The highest BCUT2D eigenvalue weighted by molar-refractivity contribution is 7.89. The highest BCUT2D eigenvalue weighted by Crippen LogP contribution is 2.17. The van der Waals surface area contributed by atoms with Gasteiger partial charge in [-0.1, -0.05) is 0 Å². The van der Waals surface area contributed by atoms with Gasteiger partial charge in [-0.25, -0.2) is 8.42 Å². The summed E-state index contributed by atoms with van der Waals surface area (Å²) in [4.78, 5) is 14.9. The number of sulfonamides is 1. The van der Waals surface area contributed by atoms with Gasteiger partial charge in [-0.2, -0.15) is 4.31 Å². The van der Waals surface area contributed by atoms with E-state index in [4.69, 9.17) is 4.74 Å². The molecule has 0 radical (unpaired) electrons. The van der Waals surface area contributed by atoms with E-state index in [1.165, 1.54) is 42.4 Å². The van der Waals surface area contributed by atoms with Crippen molar-refractivity contribution < 1.29 is 17.9 Å². The summed E-state index contributed by atoms with van der Waals surface area (Å²) in [5, 5.41) is 2.91. The van der Waals surface area contributed by atoms with Crippen molar-refractivity contribution >= 4 is 15.9 Å². The second-order valence-electron chi connectivity index (χ2n) is 7.05. The van der Waals surface area contributed by atoms with Crippen LogP contribution in [0.15, 0.2) is 29.2 Å². The van der Waals surface area contributed by atoms with Crippen molar-refractivity contribution in [1.29, 1.82) is 0 Å². The smallest absolute Gasteiger partial charge is 0.251 e. The fourth-order valence-corrected chi connectivity index (χ4v) is 4.89. The summed E-state index contributed by atoms with van der Waals surface area (Å²) in [5.74, 6) is -0.161. The van der Waals surface area contributed by atoms with E-state index in [2.05, 4.69) is 10.2 Å². The molecule has 1 aromatic rings. The maximum absolute atomic E-state index is 12.6. The molecule has 150 valence electrons. The molecule has 0 aromatic heterocycles. The number of unbranched alkanes of at least 4 members (excludes halogenated alkanes) is 1. The molecular weight excluding hydrogens is 366 g/mol. The Balaban J connectivity index is 1.45. The van der Waals surface area contributed by atoms with Crippen LogP contribution in [-0.2, 0) is 14.8 Å². The van der Waals surface area contributed by atoms with E-state index < -0.39 is 10.0 Å². The van der Waals surface area contributed by atoms with Crippen LogP contribution >= 0.6 is 0 Å². The van der Waals surface area contributed by atoms with Gasteiger partial charge in [0.05, 0.1) is 18.1 Å². The molecule has 1 amide bonds. The minimum atomic E-state index is -3.52. The second kappa shape index (κ2) is 9.64. The topological polar surface area (TPSA) is 79.0 Å². The standard InChI is InChI=1S/C19H29N3O4S/c23-19(20-9-1-2-10-21-11-3-4-12-21)17-5-7-18(8-6-17)27(24,25)22-13-15-26-16-14-22/h5-8H,1-4,9-16H2,(H,20,23). The van der Waals surface area contributed by atoms with Crippen LogP contribution in [-0.4, -0.2) is 76.0 Å². The van der Waals surface area contributed by atoms with Gasteiger partial charge in [-0.15, -0.1) is 0 Å². The van der Waals surface area contributed by atoms with Crippen LogP contribution < -0.4 is 5.32 Å². The molecule has 2 saturated heterocycles. The van der Waals surface area contributed by atoms with Crippen LogP contribution in [0.3, 0.4) is 0 Å². The predicted octanol–water partition coefficient (Wildman–Crippen LogP) is 1.31. The number of benzene rings is 1. The molecular formula is C19H29N3O4S. The van der Waals surface area contributed by atoms with Gasteiger partial charge in [0, 0.05) is 25.2 Å². The average Bonchev–Trinajstić information content (AvgIpc) is 3.22. The monoisotopic (exact) mass is 395 g/mol. The fourth-order valence-electron chi connectivity index (χ4n) is 3.48. The molecule has 3 rings (SSSR count). The summed E-state index contributed by atoms with van der Waals surface area (Å²) in [5.41, 5.74) is 0.482. The molecule has 0 bridgehead atoms. The summed E-state index contributed by atoms with van der Waals surface area (Å²) in [7, 11) is -3.52. The number of morpholine rings is 1. The van der Waals surface area contributed by atoms with Crippen molar-refractivity contribution in [2.24, 2.45) is 0 Å². The summed E-state index contributed by atoms with van der Waals surface area (Å²) >= 11 is 0. The van der Waals surface area contributed by atoms with E-state index in [1.807, 2.05) is 0 Å². The molecule has 27 heavy (non-hydrogen) atoms. The molecule has 0 spiro atoms. The highest BCUT2D eigenvalue weighted by atomic mass is 32.2. The van der Waals surface area contributed by atoms with Crippen LogP contribution in [0, 0.1) is 0 Å². The van der Waals surface area contributed by atoms with E-state index in [0.29, 0.717) is 38.4 Å². The van der Waals surface area contributed by atoms with Crippen LogP contribution in [0.1, 0.15) is 36.0 Å². The molecule has 2 heterocycles. The minimum absolute atomic E-state index is 0.161. The molecule has 0 atom stereocenters. The third kappa shape index (κ3) is 5.51. The quantitative estimate of drug-likeness (QED) is 0.672. The van der Waals surface area contributed by atoms with E-state index >= 15 is 0 Å². The Morgan fingerprint density at radius 2 is 1.67 bits per heavy atom. The molecule has 8 heteroatoms. The van der Waals surface area contributed by atoms with Crippen molar-refractivity contribution in [1.82, 2.24) is 14.5 Å². The Hall–Kier alpha value is -1.48. The number of rotatable bonds is 8. The number of ether oxygens (including phenoxy) is 1. The van der Waals surface area contributed by atoms with Crippen molar-refractivity contribution in [3.63, 3.8) is 0 Å². The van der Waals surface area contributed by atoms with Gasteiger partial charge < -0.3 is 15.0 Å². The Kier molecular flexibility index (Phi) is 7.23. The zero-order valence-electron chi connectivity index (χ0n) is 15.7. The van der Waals surface area contributed by atoms with Crippen molar-refractivity contribution in [2.75, 3.05) is 52.5 Å². The van der Waals surface area contributed by atoms with Gasteiger partial charge in [0.2, 0.25) is 10.0 Å². The number of hydrogen-bond donors (Lipinski definition) is 1. The lowest BCUT2D eigenvalue weighted by molar-refractivity contribution is 0.0730. The summed E-state index contributed by atoms with van der Waals surface area (Å²) in [6.45, 7) is 5.70. The molecule has 2 aliphatic rings. The minimum Gasteiger partial charge on any atom is -0.379 e. The Morgan fingerprint density at radius 3 is 2.33 bits per heavy atom. The highest BCUT2D eigenvalue weighted by Gasteiger charge is 2.26. The van der Waals surface area contributed by atoms with Gasteiger partial charge in [0.15, 0.2) is 0 Å². The maximum Gasteiger partial charge on any atom is 0.251 e. The first-order valence-electron chi connectivity index (χ1n) is 9.76. The van der Waals surface area contributed by atoms with Crippen LogP contribution in [0.25, 0.3) is 0 Å². The van der Waals surface area contributed by atoms with Gasteiger partial charge in [0.1, 0.15) is 0 Å². The number of nitrogens with zero attached hydrogens (tertiary/aromatic N) is 2. The van der Waals surface area contributed by atoms with Crippen LogP contribution in [0.5, 0.6) is 0 Å². The van der Waals surface area contributed by atoms with E-state index in [0.717, 1.165) is 19.4 Å². The van der Waals surface area contributed by atoms with Crippen LogP contribution in [0.4, 0.5) is 0 Å². The Labute approximate surface area is 161 Å². The van der Waals surface area contributed by atoms with E-state index in [9.17, 15) is 13.2 Å². The first-order valence-corrected chi connectivity index (χ1v) is 11.2. The molecule has 0 aliphatic carbocycles. The normalized spacial score (nSPS) is 19.3. The van der Waals surface area contributed by atoms with Crippen molar-refractivity contribution in [3.8, 4) is 0 Å². The number of carbonyl (C=O) groups excluding carboxylic acids is 1. The molecule has 0 unspecified atom stereocenters. The Morgan fingerprint density at radius 1 is 1.00 bits per heavy atom. The third-order valence-corrected chi connectivity index (χ3v) is 7.02. The van der Waals surface area contributed by atoms with Gasteiger partial charge in [-0.3, -0.25) is 4.79 Å². The molecule has 1 N–H and O–H groups in total. The fraction of sp³-hybridized carbons (Fsp3) is 0.632. The molecule has 2 aliphatic heterocycles. The Bertz CT molecular complexity index is 709. The average molecular weight is 396 g/mol. The van der Waals surface area contributed by atoms with E-state index in [-0.39, 0.29) is 10.8 Å². The molecule has 7 nitrogen and oxygen atoms in total. The number of carbonyl (C=O) groups is 1. The summed E-state index contributed by atoms with van der Waals surface area (Å²) in [6.07, 6.45) is 4.63.